The van der Waals surface area contributed by atoms with Gasteiger partial charge in [0.25, 0.3) is 0 Å². The van der Waals surface area contributed by atoms with Gasteiger partial charge >= 0.3 is 12.0 Å². The number of carbonyl (C=O) groups excluding carboxylic acids is 2. The van der Waals surface area contributed by atoms with Crippen molar-refractivity contribution in [2.45, 2.75) is 32.9 Å². The van der Waals surface area contributed by atoms with E-state index in [1.165, 1.54) is 12.3 Å². The lowest BCUT2D eigenvalue weighted by Crippen LogP contribution is -2.43. The summed E-state index contributed by atoms with van der Waals surface area (Å²) in [5.74, 6) is -0.780. The Bertz CT molecular complexity index is 1040. The molecule has 0 spiro atoms. The van der Waals surface area contributed by atoms with Crippen LogP contribution in [0.5, 0.6) is 11.5 Å². The highest BCUT2D eigenvalue weighted by atomic mass is 16.9. The second-order valence-corrected chi connectivity index (χ2v) is 7.89. The third-order valence-electron chi connectivity index (χ3n) is 4.18. The summed E-state index contributed by atoms with van der Waals surface area (Å²) < 4.78 is 10.5. The number of rotatable bonds is 7. The van der Waals surface area contributed by atoms with Crippen molar-refractivity contribution in [3.05, 3.63) is 52.9 Å². The Labute approximate surface area is 184 Å². The highest BCUT2D eigenvalue weighted by Crippen LogP contribution is 2.30. The summed E-state index contributed by atoms with van der Waals surface area (Å²) in [5.41, 5.74) is 0.343. The Balaban J connectivity index is 1.47. The van der Waals surface area contributed by atoms with Crippen molar-refractivity contribution >= 4 is 24.2 Å². The largest absolute Gasteiger partial charge is 0.590 e. The van der Waals surface area contributed by atoms with Crippen molar-refractivity contribution in [1.29, 1.82) is 0 Å². The summed E-state index contributed by atoms with van der Waals surface area (Å²) in [6.07, 6.45) is 1.66. The van der Waals surface area contributed by atoms with Crippen molar-refractivity contribution in [2.24, 2.45) is 4.99 Å². The predicted molar refractivity (Wildman–Crippen MR) is 113 cm³/mol. The Morgan fingerprint density at radius 3 is 2.78 bits per heavy atom. The minimum absolute atomic E-state index is 0.0458. The van der Waals surface area contributed by atoms with Crippen LogP contribution in [0.2, 0.25) is 0 Å². The van der Waals surface area contributed by atoms with Crippen molar-refractivity contribution < 1.29 is 33.8 Å². The number of hydroxylamine groups is 4. The molecule has 1 unspecified atom stereocenters. The van der Waals surface area contributed by atoms with Gasteiger partial charge in [-0.1, -0.05) is 18.2 Å². The zero-order chi connectivity index (χ0) is 23.4. The zero-order valence-electron chi connectivity index (χ0n) is 17.9. The molecule has 0 radical (unpaired) electrons. The molecular weight excluding hydrogens is 420 g/mol. The second-order valence-electron chi connectivity index (χ2n) is 7.89. The fourth-order valence-corrected chi connectivity index (χ4v) is 2.85. The van der Waals surface area contributed by atoms with E-state index in [4.69, 9.17) is 14.3 Å². The first kappa shape index (κ1) is 23.1. The summed E-state index contributed by atoms with van der Waals surface area (Å²) in [6.45, 7) is 4.88. The maximum atomic E-state index is 12.6. The topological polar surface area (TPSA) is 142 Å². The minimum atomic E-state index is -1.43. The highest BCUT2D eigenvalue weighted by Gasteiger charge is 2.40. The smallest absolute Gasteiger partial charge is 0.412 e. The number of nitrogens with zero attached hydrogens (tertiary/aromatic N) is 3. The van der Waals surface area contributed by atoms with Gasteiger partial charge in [0.15, 0.2) is 11.6 Å². The van der Waals surface area contributed by atoms with Crippen LogP contribution in [0, 0.1) is 5.21 Å². The Morgan fingerprint density at radius 1 is 1.34 bits per heavy atom. The van der Waals surface area contributed by atoms with Crippen LogP contribution in [0.25, 0.3) is 0 Å². The lowest BCUT2D eigenvalue weighted by Gasteiger charge is -2.31. The van der Waals surface area contributed by atoms with Crippen LogP contribution in [0.15, 0.2) is 41.5 Å². The molecule has 3 rings (SSSR count). The average molecular weight is 444 g/mol. The van der Waals surface area contributed by atoms with Gasteiger partial charge < -0.3 is 19.8 Å². The molecule has 1 atom stereocenters. The van der Waals surface area contributed by atoms with Gasteiger partial charge in [0.1, 0.15) is 31.1 Å². The molecule has 0 bridgehead atoms. The zero-order valence-corrected chi connectivity index (χ0v) is 17.9. The van der Waals surface area contributed by atoms with Crippen molar-refractivity contribution in [3.63, 3.8) is 0 Å². The molecule has 11 heteroatoms. The van der Waals surface area contributed by atoms with Crippen molar-refractivity contribution in [1.82, 2.24) is 10.3 Å². The van der Waals surface area contributed by atoms with Crippen LogP contribution < -0.4 is 10.1 Å². The molecule has 2 amide bonds. The Kier molecular flexibility index (Phi) is 6.72. The van der Waals surface area contributed by atoms with Crippen LogP contribution in [0.4, 0.5) is 10.6 Å². The van der Waals surface area contributed by atoms with Gasteiger partial charge in [0.05, 0.1) is 18.1 Å². The van der Waals surface area contributed by atoms with Crippen LogP contribution in [0.3, 0.4) is 0 Å². The molecule has 0 fully saturated rings. The fourth-order valence-electron chi connectivity index (χ4n) is 2.85. The molecule has 0 aliphatic carbocycles. The van der Waals surface area contributed by atoms with Crippen LogP contribution >= 0.6 is 0 Å². The Hall–Kier alpha value is -3.54. The number of ether oxygens (including phenoxy) is 2. The van der Waals surface area contributed by atoms with E-state index in [1.807, 2.05) is 0 Å². The molecule has 0 saturated carbocycles. The molecule has 1 aromatic heterocycles. The van der Waals surface area contributed by atoms with E-state index >= 15 is 0 Å². The summed E-state index contributed by atoms with van der Waals surface area (Å²) in [6, 6.07) is 8.02. The van der Waals surface area contributed by atoms with E-state index < -0.39 is 22.4 Å². The minimum Gasteiger partial charge on any atom is -0.590 e. The number of hydrogen-bond donors (Lipinski definition) is 2. The monoisotopic (exact) mass is 444 g/mol. The molecule has 0 saturated heterocycles. The number of alkyl carbamates (subject to hydrolysis) is 1. The lowest BCUT2D eigenvalue weighted by atomic mass is 10.1. The van der Waals surface area contributed by atoms with E-state index in [-0.39, 0.29) is 37.1 Å². The summed E-state index contributed by atoms with van der Waals surface area (Å²) >= 11 is 0. The van der Waals surface area contributed by atoms with Crippen LogP contribution in [0.1, 0.15) is 36.7 Å². The molecule has 170 valence electrons. The molecule has 32 heavy (non-hydrogen) atoms. The number of fused-ring (bicyclic) bond motifs is 1. The quantitative estimate of drug-likeness (QED) is 0.218. The summed E-state index contributed by atoms with van der Waals surface area (Å²) in [5, 5.41) is 24.9. The molecule has 11 nitrogen and oxygen atoms in total. The molecule has 1 aromatic carbocycles. The molecule has 2 N–H and O–H groups in total. The molecule has 2 aromatic rings. The molecule has 1 aliphatic rings. The number of carbonyl (C=O) groups is 2. The number of amides is 2. The third-order valence-corrected chi connectivity index (χ3v) is 4.18. The Morgan fingerprint density at radius 2 is 2.09 bits per heavy atom. The number of quaternary nitrogens is 1. The predicted octanol–water partition coefficient (Wildman–Crippen LogP) is 2.95. The van der Waals surface area contributed by atoms with Gasteiger partial charge in [-0.15, -0.1) is 4.81 Å². The SMILES string of the molecule is CC(C)(C)OC(=O)N/C=N/c1ncc(OCCO[N+]2([O-])Cc3ccccc3C2=O)cc1O. The number of benzene rings is 1. The normalized spacial score (nSPS) is 17.9. The number of hydrogen-bond acceptors (Lipinski definition) is 9. The first-order valence-corrected chi connectivity index (χ1v) is 9.78. The van der Waals surface area contributed by atoms with Crippen molar-refractivity contribution in [3.8, 4) is 11.5 Å². The molecule has 2 heterocycles. The van der Waals surface area contributed by atoms with Crippen LogP contribution in [-0.2, 0) is 16.1 Å². The van der Waals surface area contributed by atoms with Gasteiger partial charge in [-0.25, -0.2) is 19.6 Å². The van der Waals surface area contributed by atoms with E-state index in [0.717, 1.165) is 6.34 Å². The van der Waals surface area contributed by atoms with Crippen LogP contribution in [-0.4, -0.2) is 52.1 Å². The third kappa shape index (κ3) is 5.78. The van der Waals surface area contributed by atoms with E-state index in [9.17, 15) is 19.9 Å². The van der Waals surface area contributed by atoms with E-state index in [2.05, 4.69) is 15.3 Å². The molecule has 1 aliphatic heterocycles. The van der Waals surface area contributed by atoms with Gasteiger partial charge in [0, 0.05) is 11.6 Å². The fraction of sp³-hybridized carbons (Fsp3) is 0.333. The maximum absolute atomic E-state index is 12.6. The number of aromatic nitrogens is 1. The maximum Gasteiger partial charge on any atom is 0.412 e. The van der Waals surface area contributed by atoms with Gasteiger partial charge in [0.2, 0.25) is 0 Å². The second kappa shape index (κ2) is 9.30. The summed E-state index contributed by atoms with van der Waals surface area (Å²) in [7, 11) is 0. The first-order chi connectivity index (χ1) is 15.1. The van der Waals surface area contributed by atoms with Gasteiger partial charge in [-0.3, -0.25) is 5.32 Å². The van der Waals surface area contributed by atoms with Gasteiger partial charge in [-0.2, -0.15) is 4.84 Å². The first-order valence-electron chi connectivity index (χ1n) is 9.78. The summed E-state index contributed by atoms with van der Waals surface area (Å²) in [4.78, 5) is 35.4. The average Bonchev–Trinajstić information content (AvgIpc) is 2.96. The standard InChI is InChI=1S/C21H24N4O7/c1-21(2,3)32-20(28)24-13-23-18-17(26)10-15(11-22-18)30-8-9-31-25(29)12-14-6-4-5-7-16(14)19(25)27/h4-7,10-11,13,26H,8-9,12H2,1-3H3,(H,22,23,24,28). The number of aliphatic imine (C=N–C) groups is 1. The highest BCUT2D eigenvalue weighted by molar-refractivity contribution is 5.92. The lowest BCUT2D eigenvalue weighted by molar-refractivity contribution is -1.01. The van der Waals surface area contributed by atoms with E-state index in [0.29, 0.717) is 11.1 Å². The number of nitrogens with one attached hydrogen (secondary N) is 1. The van der Waals surface area contributed by atoms with Crippen molar-refractivity contribution in [2.75, 3.05) is 13.2 Å². The van der Waals surface area contributed by atoms with E-state index in [1.54, 1.807) is 45.0 Å². The van der Waals surface area contributed by atoms with Gasteiger partial charge in [-0.05, 0) is 26.8 Å². The number of pyridine rings is 1. The number of aromatic hydroxyl groups is 1. The molecular formula is C21H24N4O7.